The number of hydrogen-bond donors (Lipinski definition) is 1. The summed E-state index contributed by atoms with van der Waals surface area (Å²) in [4.78, 5) is 11.9. The van der Waals surface area contributed by atoms with E-state index in [1.807, 2.05) is 0 Å². The Kier molecular flexibility index (Phi) is 3.97. The van der Waals surface area contributed by atoms with Crippen LogP contribution in [0, 0.1) is 0 Å². The number of benzene rings is 1. The number of hydrogen-bond acceptors (Lipinski definition) is 4. The molecule has 0 aliphatic carbocycles. The lowest BCUT2D eigenvalue weighted by Crippen LogP contribution is -2.16. The van der Waals surface area contributed by atoms with E-state index in [0.29, 0.717) is 0 Å². The molecule has 0 saturated heterocycles. The van der Waals surface area contributed by atoms with Crippen molar-refractivity contribution in [3.05, 3.63) is 41.6 Å². The van der Waals surface area contributed by atoms with Gasteiger partial charge < -0.3 is 9.73 Å². The minimum atomic E-state index is -4.57. The van der Waals surface area contributed by atoms with Crippen LogP contribution in [0.4, 0.5) is 18.9 Å². The Morgan fingerprint density at radius 3 is 2.48 bits per heavy atom. The summed E-state index contributed by atoms with van der Waals surface area (Å²) in [7, 11) is 0. The number of alkyl halides is 3. The average molecular weight is 299 g/mol. The third-order valence-corrected chi connectivity index (χ3v) is 2.61. The maximum atomic E-state index is 12.8. The van der Waals surface area contributed by atoms with Crippen molar-refractivity contribution in [1.82, 2.24) is 10.2 Å². The number of nitrogens with zero attached hydrogens (tertiary/aromatic N) is 2. The molecule has 0 bridgehead atoms. The molecule has 0 fully saturated rings. The summed E-state index contributed by atoms with van der Waals surface area (Å²) in [6.07, 6.45) is -4.57. The van der Waals surface area contributed by atoms with Crippen molar-refractivity contribution in [2.75, 3.05) is 5.32 Å². The van der Waals surface area contributed by atoms with Crippen molar-refractivity contribution in [2.45, 2.75) is 25.9 Å². The zero-order chi connectivity index (χ0) is 15.6. The summed E-state index contributed by atoms with van der Waals surface area (Å²) in [6.45, 7) is 3.57. The third kappa shape index (κ3) is 3.39. The first-order valence-corrected chi connectivity index (χ1v) is 6.10. The number of nitrogens with one attached hydrogen (secondary N) is 1. The van der Waals surface area contributed by atoms with Gasteiger partial charge in [-0.05, 0) is 12.1 Å². The Morgan fingerprint density at radius 2 is 1.90 bits per heavy atom. The quantitative estimate of drug-likeness (QED) is 0.942. The number of aromatic nitrogens is 2. The summed E-state index contributed by atoms with van der Waals surface area (Å²) < 4.78 is 43.5. The van der Waals surface area contributed by atoms with Gasteiger partial charge in [-0.1, -0.05) is 26.0 Å². The lowest BCUT2D eigenvalue weighted by atomic mass is 10.1. The molecule has 8 heteroatoms. The molecule has 1 N–H and O–H groups in total. The highest BCUT2D eigenvalue weighted by atomic mass is 19.4. The highest BCUT2D eigenvalue weighted by Crippen LogP contribution is 2.34. The van der Waals surface area contributed by atoms with Crippen LogP contribution in [-0.4, -0.2) is 16.1 Å². The Bertz CT molecular complexity index is 650. The molecule has 0 spiro atoms. The van der Waals surface area contributed by atoms with E-state index in [2.05, 4.69) is 15.5 Å². The number of anilines is 1. The molecular formula is C13H12F3N3O2. The van der Waals surface area contributed by atoms with Gasteiger partial charge in [0.05, 0.1) is 11.3 Å². The van der Waals surface area contributed by atoms with Gasteiger partial charge in [0.2, 0.25) is 5.89 Å². The Morgan fingerprint density at radius 1 is 1.24 bits per heavy atom. The monoisotopic (exact) mass is 299 g/mol. The molecule has 2 rings (SSSR count). The van der Waals surface area contributed by atoms with Crippen LogP contribution in [0.1, 0.15) is 41.9 Å². The molecule has 0 unspecified atom stereocenters. The number of halogens is 3. The van der Waals surface area contributed by atoms with E-state index in [0.717, 1.165) is 12.1 Å². The van der Waals surface area contributed by atoms with E-state index in [9.17, 15) is 18.0 Å². The van der Waals surface area contributed by atoms with E-state index in [-0.39, 0.29) is 23.4 Å². The molecule has 0 saturated carbocycles. The number of amides is 1. The number of rotatable bonds is 3. The van der Waals surface area contributed by atoms with Gasteiger partial charge in [-0.15, -0.1) is 10.2 Å². The lowest BCUT2D eigenvalue weighted by molar-refractivity contribution is -0.136. The highest BCUT2D eigenvalue weighted by Gasteiger charge is 2.34. The smallest absolute Gasteiger partial charge is 0.417 e. The second-order valence-electron chi connectivity index (χ2n) is 4.60. The Hall–Kier alpha value is -2.38. The predicted octanol–water partition coefficient (Wildman–Crippen LogP) is 3.46. The third-order valence-electron chi connectivity index (χ3n) is 2.61. The lowest BCUT2D eigenvalue weighted by Gasteiger charge is -2.12. The maximum Gasteiger partial charge on any atom is 0.418 e. The average Bonchev–Trinajstić information content (AvgIpc) is 2.88. The molecule has 1 heterocycles. The van der Waals surface area contributed by atoms with Gasteiger partial charge in [-0.3, -0.25) is 4.79 Å². The first-order valence-electron chi connectivity index (χ1n) is 6.10. The van der Waals surface area contributed by atoms with Crippen molar-refractivity contribution in [2.24, 2.45) is 0 Å². The standard InChI is InChI=1S/C13H12F3N3O2/c1-7(2)11-18-19-12(21-11)10(20)17-9-6-4-3-5-8(9)13(14,15)16/h3-7H,1-2H3,(H,17,20). The summed E-state index contributed by atoms with van der Waals surface area (Å²) in [5, 5.41) is 9.30. The summed E-state index contributed by atoms with van der Waals surface area (Å²) in [5.41, 5.74) is -1.30. The van der Waals surface area contributed by atoms with Gasteiger partial charge in [0.15, 0.2) is 0 Å². The van der Waals surface area contributed by atoms with E-state index in [1.54, 1.807) is 13.8 Å². The summed E-state index contributed by atoms with van der Waals surface area (Å²) >= 11 is 0. The summed E-state index contributed by atoms with van der Waals surface area (Å²) in [6, 6.07) is 4.66. The van der Waals surface area contributed by atoms with Crippen LogP contribution in [0.2, 0.25) is 0 Å². The largest absolute Gasteiger partial charge is 0.418 e. The minimum Gasteiger partial charge on any atom is -0.417 e. The SMILES string of the molecule is CC(C)c1nnc(C(=O)Nc2ccccc2C(F)(F)F)o1. The number of para-hydroxylation sites is 1. The molecule has 0 aliphatic rings. The van der Waals surface area contributed by atoms with Crippen molar-refractivity contribution in [3.8, 4) is 0 Å². The topological polar surface area (TPSA) is 68.0 Å². The molecular weight excluding hydrogens is 287 g/mol. The first kappa shape index (κ1) is 15.0. The normalized spacial score (nSPS) is 11.7. The number of carbonyl (C=O) groups excluding carboxylic acids is 1. The van der Waals surface area contributed by atoms with Gasteiger partial charge in [0, 0.05) is 5.92 Å². The maximum absolute atomic E-state index is 12.8. The van der Waals surface area contributed by atoms with E-state index in [1.165, 1.54) is 12.1 Å². The highest BCUT2D eigenvalue weighted by molar-refractivity contribution is 6.01. The van der Waals surface area contributed by atoms with Crippen LogP contribution in [0.15, 0.2) is 28.7 Å². The van der Waals surface area contributed by atoms with Crippen molar-refractivity contribution < 1.29 is 22.4 Å². The van der Waals surface area contributed by atoms with Crippen LogP contribution in [0.3, 0.4) is 0 Å². The van der Waals surface area contributed by atoms with E-state index < -0.39 is 17.6 Å². The van der Waals surface area contributed by atoms with Crippen LogP contribution >= 0.6 is 0 Å². The zero-order valence-electron chi connectivity index (χ0n) is 11.2. The summed E-state index contributed by atoms with van der Waals surface area (Å²) in [5.74, 6) is -1.10. The predicted molar refractivity (Wildman–Crippen MR) is 67.8 cm³/mol. The second-order valence-corrected chi connectivity index (χ2v) is 4.60. The van der Waals surface area contributed by atoms with Crippen molar-refractivity contribution in [1.29, 1.82) is 0 Å². The molecule has 1 aromatic carbocycles. The molecule has 1 aromatic heterocycles. The van der Waals surface area contributed by atoms with Gasteiger partial charge >= 0.3 is 18.0 Å². The molecule has 2 aromatic rings. The molecule has 0 radical (unpaired) electrons. The minimum absolute atomic E-state index is 0.0819. The van der Waals surface area contributed by atoms with Crippen molar-refractivity contribution >= 4 is 11.6 Å². The molecule has 5 nitrogen and oxygen atoms in total. The van der Waals surface area contributed by atoms with Crippen LogP contribution < -0.4 is 5.32 Å². The fourth-order valence-electron chi connectivity index (χ4n) is 1.57. The van der Waals surface area contributed by atoms with E-state index >= 15 is 0 Å². The van der Waals surface area contributed by atoms with Crippen molar-refractivity contribution in [3.63, 3.8) is 0 Å². The first-order chi connectivity index (χ1) is 9.79. The molecule has 0 aliphatic heterocycles. The molecule has 21 heavy (non-hydrogen) atoms. The Balaban J connectivity index is 2.24. The van der Waals surface area contributed by atoms with Crippen LogP contribution in [0.5, 0.6) is 0 Å². The van der Waals surface area contributed by atoms with Crippen LogP contribution in [0.25, 0.3) is 0 Å². The van der Waals surface area contributed by atoms with Gasteiger partial charge in [-0.25, -0.2) is 0 Å². The molecule has 1 amide bonds. The molecule has 112 valence electrons. The fraction of sp³-hybridized carbons (Fsp3) is 0.308. The number of carbonyl (C=O) groups is 1. The second kappa shape index (κ2) is 5.55. The molecule has 0 atom stereocenters. The zero-order valence-corrected chi connectivity index (χ0v) is 11.2. The van der Waals surface area contributed by atoms with Crippen LogP contribution in [-0.2, 0) is 6.18 Å². The van der Waals surface area contributed by atoms with Gasteiger partial charge in [0.25, 0.3) is 0 Å². The fourth-order valence-corrected chi connectivity index (χ4v) is 1.57. The van der Waals surface area contributed by atoms with Gasteiger partial charge in [-0.2, -0.15) is 13.2 Å². The van der Waals surface area contributed by atoms with Gasteiger partial charge in [0.1, 0.15) is 0 Å². The Labute approximate surface area is 118 Å². The van der Waals surface area contributed by atoms with E-state index in [4.69, 9.17) is 4.42 Å².